The van der Waals surface area contributed by atoms with Crippen LogP contribution in [0, 0.1) is 12.7 Å². The zero-order valence-corrected chi connectivity index (χ0v) is 16.5. The highest BCUT2D eigenvalue weighted by molar-refractivity contribution is 5.93. The molecule has 0 saturated carbocycles. The molecule has 1 fully saturated rings. The molecule has 1 aromatic heterocycles. The van der Waals surface area contributed by atoms with Crippen molar-refractivity contribution in [2.75, 3.05) is 38.2 Å². The van der Waals surface area contributed by atoms with Crippen molar-refractivity contribution in [3.63, 3.8) is 0 Å². The molecule has 0 unspecified atom stereocenters. The van der Waals surface area contributed by atoms with E-state index in [1.165, 1.54) is 12.1 Å². The van der Waals surface area contributed by atoms with Gasteiger partial charge in [-0.2, -0.15) is 5.10 Å². The van der Waals surface area contributed by atoms with Crippen LogP contribution in [0.2, 0.25) is 0 Å². The normalized spacial score (nSPS) is 14.2. The van der Waals surface area contributed by atoms with Crippen LogP contribution in [-0.2, 0) is 0 Å². The number of nitrogens with zero attached hydrogens (tertiary/aromatic N) is 4. The first-order valence-electron chi connectivity index (χ1n) is 9.56. The van der Waals surface area contributed by atoms with Crippen molar-refractivity contribution < 1.29 is 13.9 Å². The molecular formula is C22H23FN4O2. The summed E-state index contributed by atoms with van der Waals surface area (Å²) in [6, 6.07) is 15.7. The Bertz CT molecular complexity index is 991. The zero-order valence-electron chi connectivity index (χ0n) is 16.5. The molecule has 0 N–H and O–H groups in total. The Morgan fingerprint density at radius 2 is 1.59 bits per heavy atom. The lowest BCUT2D eigenvalue weighted by molar-refractivity contribution is 0.0737. The first kappa shape index (κ1) is 19.0. The summed E-state index contributed by atoms with van der Waals surface area (Å²) in [7, 11) is 1.65. The van der Waals surface area contributed by atoms with E-state index in [2.05, 4.69) is 10.00 Å². The minimum absolute atomic E-state index is 0.0655. The fourth-order valence-electron chi connectivity index (χ4n) is 3.55. The Morgan fingerprint density at radius 3 is 2.21 bits per heavy atom. The molecule has 0 bridgehead atoms. The second kappa shape index (κ2) is 7.95. The van der Waals surface area contributed by atoms with Gasteiger partial charge in [-0.05, 0) is 61.5 Å². The molecule has 3 aromatic rings. The topological polar surface area (TPSA) is 50.6 Å². The zero-order chi connectivity index (χ0) is 20.4. The average Bonchev–Trinajstić information content (AvgIpc) is 3.15. The van der Waals surface area contributed by atoms with Crippen LogP contribution in [0.15, 0.2) is 54.6 Å². The van der Waals surface area contributed by atoms with Crippen molar-refractivity contribution in [3.8, 4) is 11.4 Å². The van der Waals surface area contributed by atoms with E-state index >= 15 is 0 Å². The molecule has 0 atom stereocenters. The van der Waals surface area contributed by atoms with Gasteiger partial charge < -0.3 is 14.5 Å². The molecule has 1 saturated heterocycles. The predicted octanol–water partition coefficient (Wildman–Crippen LogP) is 3.29. The van der Waals surface area contributed by atoms with Gasteiger partial charge in [-0.3, -0.25) is 4.79 Å². The molecule has 7 heteroatoms. The summed E-state index contributed by atoms with van der Waals surface area (Å²) in [5, 5.41) is 4.43. The van der Waals surface area contributed by atoms with Gasteiger partial charge in [0.15, 0.2) is 0 Å². The van der Waals surface area contributed by atoms with Crippen molar-refractivity contribution in [2.45, 2.75) is 6.92 Å². The van der Waals surface area contributed by atoms with Gasteiger partial charge in [0.1, 0.15) is 17.3 Å². The van der Waals surface area contributed by atoms with Gasteiger partial charge in [0.25, 0.3) is 5.91 Å². The number of aryl methyl sites for hydroxylation is 1. The number of carbonyl (C=O) groups is 1. The van der Waals surface area contributed by atoms with Crippen molar-refractivity contribution in [1.29, 1.82) is 0 Å². The maximum atomic E-state index is 13.3. The van der Waals surface area contributed by atoms with E-state index < -0.39 is 0 Å². The number of rotatable bonds is 4. The van der Waals surface area contributed by atoms with E-state index in [1.54, 1.807) is 30.0 Å². The van der Waals surface area contributed by atoms with Gasteiger partial charge >= 0.3 is 0 Å². The van der Waals surface area contributed by atoms with E-state index in [0.717, 1.165) is 30.2 Å². The van der Waals surface area contributed by atoms with Crippen LogP contribution >= 0.6 is 0 Å². The maximum Gasteiger partial charge on any atom is 0.272 e. The highest BCUT2D eigenvalue weighted by atomic mass is 19.1. The number of carbonyl (C=O) groups excluding carboxylic acids is 1. The van der Waals surface area contributed by atoms with Crippen molar-refractivity contribution in [2.24, 2.45) is 0 Å². The maximum absolute atomic E-state index is 13.3. The number of aromatic nitrogens is 2. The Hall–Kier alpha value is -3.35. The summed E-state index contributed by atoms with van der Waals surface area (Å²) < 4.78 is 20.1. The lowest BCUT2D eigenvalue weighted by Crippen LogP contribution is -2.49. The lowest BCUT2D eigenvalue weighted by Gasteiger charge is -2.36. The number of hydrogen-bond acceptors (Lipinski definition) is 4. The molecule has 0 radical (unpaired) electrons. The first-order valence-corrected chi connectivity index (χ1v) is 9.56. The van der Waals surface area contributed by atoms with Gasteiger partial charge in [0.2, 0.25) is 0 Å². The molecule has 6 nitrogen and oxygen atoms in total. The summed E-state index contributed by atoms with van der Waals surface area (Å²) in [6.45, 7) is 4.60. The van der Waals surface area contributed by atoms with E-state index in [0.29, 0.717) is 24.5 Å². The summed E-state index contributed by atoms with van der Waals surface area (Å²) >= 11 is 0. The van der Waals surface area contributed by atoms with Crippen LogP contribution < -0.4 is 9.64 Å². The molecule has 1 amide bonds. The van der Waals surface area contributed by atoms with Crippen LogP contribution in [-0.4, -0.2) is 53.9 Å². The van der Waals surface area contributed by atoms with Crippen LogP contribution in [0.1, 0.15) is 16.2 Å². The highest BCUT2D eigenvalue weighted by Gasteiger charge is 2.25. The lowest BCUT2D eigenvalue weighted by atomic mass is 10.2. The minimum atomic E-state index is -0.319. The molecule has 1 aliphatic rings. The second-order valence-electron chi connectivity index (χ2n) is 7.04. The van der Waals surface area contributed by atoms with Gasteiger partial charge in [0, 0.05) is 31.9 Å². The van der Waals surface area contributed by atoms with Crippen LogP contribution in [0.25, 0.3) is 5.69 Å². The Morgan fingerprint density at radius 1 is 0.966 bits per heavy atom. The number of benzene rings is 2. The van der Waals surface area contributed by atoms with Gasteiger partial charge in [-0.1, -0.05) is 0 Å². The SMILES string of the molecule is COc1ccc(N2CCN(C(=O)c3cc(C)nn3-c3ccc(F)cc3)CC2)cc1. The monoisotopic (exact) mass is 394 g/mol. The van der Waals surface area contributed by atoms with Crippen LogP contribution in [0.3, 0.4) is 0 Å². The third-order valence-electron chi connectivity index (χ3n) is 5.13. The largest absolute Gasteiger partial charge is 0.497 e. The van der Waals surface area contributed by atoms with E-state index in [4.69, 9.17) is 4.74 Å². The third-order valence-corrected chi connectivity index (χ3v) is 5.13. The Labute approximate surface area is 169 Å². The molecule has 4 rings (SSSR count). The smallest absolute Gasteiger partial charge is 0.272 e. The van der Waals surface area contributed by atoms with Gasteiger partial charge in [-0.25, -0.2) is 9.07 Å². The number of ether oxygens (including phenoxy) is 1. The summed E-state index contributed by atoms with van der Waals surface area (Å²) in [4.78, 5) is 17.3. The molecule has 0 aliphatic carbocycles. The highest BCUT2D eigenvalue weighted by Crippen LogP contribution is 2.22. The van der Waals surface area contributed by atoms with E-state index in [1.807, 2.05) is 36.1 Å². The van der Waals surface area contributed by atoms with E-state index in [9.17, 15) is 9.18 Å². The molecule has 2 aromatic carbocycles. The number of piperazine rings is 1. The first-order chi connectivity index (χ1) is 14.0. The Kier molecular flexibility index (Phi) is 5.20. The fraction of sp³-hybridized carbons (Fsp3) is 0.273. The molecule has 29 heavy (non-hydrogen) atoms. The van der Waals surface area contributed by atoms with Crippen LogP contribution in [0.5, 0.6) is 5.75 Å². The average molecular weight is 394 g/mol. The number of amides is 1. The number of hydrogen-bond donors (Lipinski definition) is 0. The minimum Gasteiger partial charge on any atom is -0.497 e. The molecule has 2 heterocycles. The van der Waals surface area contributed by atoms with Crippen molar-refractivity contribution in [1.82, 2.24) is 14.7 Å². The summed E-state index contributed by atoms with van der Waals surface area (Å²) in [5.41, 5.74) is 3.02. The molecule has 0 spiro atoms. The van der Waals surface area contributed by atoms with Gasteiger partial charge in [0.05, 0.1) is 18.5 Å². The van der Waals surface area contributed by atoms with Gasteiger partial charge in [-0.15, -0.1) is 0 Å². The predicted molar refractivity (Wildman–Crippen MR) is 109 cm³/mol. The molecular weight excluding hydrogens is 371 g/mol. The van der Waals surface area contributed by atoms with E-state index in [-0.39, 0.29) is 11.7 Å². The molecule has 1 aliphatic heterocycles. The summed E-state index contributed by atoms with van der Waals surface area (Å²) in [6.07, 6.45) is 0. The van der Waals surface area contributed by atoms with Crippen molar-refractivity contribution in [3.05, 3.63) is 71.8 Å². The second-order valence-corrected chi connectivity index (χ2v) is 7.04. The quantitative estimate of drug-likeness (QED) is 0.681. The Balaban J connectivity index is 1.48. The third kappa shape index (κ3) is 3.94. The van der Waals surface area contributed by atoms with Crippen molar-refractivity contribution >= 4 is 11.6 Å². The number of anilines is 1. The fourth-order valence-corrected chi connectivity index (χ4v) is 3.55. The number of halogens is 1. The molecule has 150 valence electrons. The number of methoxy groups -OCH3 is 1. The van der Waals surface area contributed by atoms with Crippen LogP contribution in [0.4, 0.5) is 10.1 Å². The summed E-state index contributed by atoms with van der Waals surface area (Å²) in [5.74, 6) is 0.441. The standard InChI is InChI=1S/C22H23FN4O2/c1-16-15-21(27(24-16)19-5-3-17(23)4-6-19)22(28)26-13-11-25(12-14-26)18-7-9-20(29-2)10-8-18/h3-10,15H,11-14H2,1-2H3.